The van der Waals surface area contributed by atoms with E-state index in [-0.39, 0.29) is 5.92 Å². The van der Waals surface area contributed by atoms with Gasteiger partial charge in [-0.05, 0) is 31.0 Å². The van der Waals surface area contributed by atoms with E-state index in [1.807, 2.05) is 19.1 Å². The van der Waals surface area contributed by atoms with Crippen molar-refractivity contribution in [2.24, 2.45) is 0 Å². The molecule has 0 amide bonds. The van der Waals surface area contributed by atoms with Crippen molar-refractivity contribution < 1.29 is 9.26 Å². The van der Waals surface area contributed by atoms with Gasteiger partial charge < -0.3 is 14.2 Å². The van der Waals surface area contributed by atoms with Crippen LogP contribution in [-0.2, 0) is 11.2 Å². The molecule has 1 aliphatic rings. The van der Waals surface area contributed by atoms with Gasteiger partial charge in [0, 0.05) is 12.5 Å². The Morgan fingerprint density at radius 2 is 2.29 bits per heavy atom. The summed E-state index contributed by atoms with van der Waals surface area (Å²) in [4.78, 5) is 12.1. The van der Waals surface area contributed by atoms with Gasteiger partial charge in [-0.1, -0.05) is 11.2 Å². The number of fused-ring (bicyclic) bond motifs is 1. The number of imidazole rings is 1. The number of H-pyrrole nitrogens is 1. The third-order valence-electron chi connectivity index (χ3n) is 3.80. The molecule has 0 spiro atoms. The monoisotopic (exact) mass is 284 g/mol. The van der Waals surface area contributed by atoms with E-state index in [0.717, 1.165) is 41.3 Å². The van der Waals surface area contributed by atoms with E-state index in [4.69, 9.17) is 9.26 Å². The molecule has 1 fully saturated rings. The normalized spacial score (nSPS) is 18.6. The molecule has 1 N–H and O–H groups in total. The highest BCUT2D eigenvalue weighted by molar-refractivity contribution is 5.75. The number of aromatic amines is 1. The molecule has 3 aromatic rings. The molecule has 0 bridgehead atoms. The van der Waals surface area contributed by atoms with Gasteiger partial charge in [-0.15, -0.1) is 0 Å². The van der Waals surface area contributed by atoms with E-state index in [1.165, 1.54) is 0 Å². The van der Waals surface area contributed by atoms with Gasteiger partial charge in [0.2, 0.25) is 5.89 Å². The Bertz CT molecular complexity index is 771. The summed E-state index contributed by atoms with van der Waals surface area (Å²) in [6.45, 7) is 3.43. The predicted octanol–water partition coefficient (Wildman–Crippen LogP) is 2.35. The van der Waals surface area contributed by atoms with Gasteiger partial charge in [-0.2, -0.15) is 4.98 Å². The SMILES string of the molecule is Cc1nc2ccc(Cc3nc(C4CCOC4)no3)cc2[nH]1. The number of nitrogens with zero attached hydrogens (tertiary/aromatic N) is 3. The lowest BCUT2D eigenvalue weighted by Crippen LogP contribution is -2.00. The second kappa shape index (κ2) is 4.96. The minimum Gasteiger partial charge on any atom is -0.381 e. The number of hydrogen-bond acceptors (Lipinski definition) is 5. The summed E-state index contributed by atoms with van der Waals surface area (Å²) in [7, 11) is 0. The quantitative estimate of drug-likeness (QED) is 0.799. The zero-order valence-corrected chi connectivity index (χ0v) is 11.8. The van der Waals surface area contributed by atoms with Crippen molar-refractivity contribution in [2.75, 3.05) is 13.2 Å². The van der Waals surface area contributed by atoms with Gasteiger partial charge in [0.15, 0.2) is 5.82 Å². The number of benzene rings is 1. The van der Waals surface area contributed by atoms with E-state index in [1.54, 1.807) is 0 Å². The van der Waals surface area contributed by atoms with Crippen LogP contribution in [0.4, 0.5) is 0 Å². The number of aromatic nitrogens is 4. The minimum absolute atomic E-state index is 0.278. The number of nitrogens with one attached hydrogen (secondary N) is 1. The number of aryl methyl sites for hydroxylation is 1. The molecular weight excluding hydrogens is 268 g/mol. The Morgan fingerprint density at radius 1 is 1.33 bits per heavy atom. The fourth-order valence-corrected chi connectivity index (χ4v) is 2.71. The third kappa shape index (κ3) is 2.42. The van der Waals surface area contributed by atoms with Crippen LogP contribution in [0.25, 0.3) is 11.0 Å². The maximum atomic E-state index is 5.36. The van der Waals surface area contributed by atoms with E-state index >= 15 is 0 Å². The zero-order valence-electron chi connectivity index (χ0n) is 11.8. The first kappa shape index (κ1) is 12.5. The van der Waals surface area contributed by atoms with Gasteiger partial charge >= 0.3 is 0 Å². The topological polar surface area (TPSA) is 76.8 Å². The van der Waals surface area contributed by atoms with Crippen LogP contribution in [0.2, 0.25) is 0 Å². The summed E-state index contributed by atoms with van der Waals surface area (Å²) in [5, 5.41) is 4.07. The van der Waals surface area contributed by atoms with E-state index < -0.39 is 0 Å². The molecule has 0 aliphatic carbocycles. The van der Waals surface area contributed by atoms with Crippen molar-refractivity contribution in [1.29, 1.82) is 0 Å². The summed E-state index contributed by atoms with van der Waals surface area (Å²) >= 11 is 0. The second-order valence-corrected chi connectivity index (χ2v) is 5.46. The molecule has 3 heterocycles. The van der Waals surface area contributed by atoms with E-state index in [0.29, 0.717) is 18.9 Å². The van der Waals surface area contributed by atoms with Gasteiger partial charge in [-0.3, -0.25) is 0 Å². The highest BCUT2D eigenvalue weighted by atomic mass is 16.5. The van der Waals surface area contributed by atoms with Crippen LogP contribution >= 0.6 is 0 Å². The highest BCUT2D eigenvalue weighted by Crippen LogP contribution is 2.23. The highest BCUT2D eigenvalue weighted by Gasteiger charge is 2.23. The molecule has 4 rings (SSSR count). The van der Waals surface area contributed by atoms with Crippen LogP contribution in [0, 0.1) is 6.92 Å². The number of hydrogen-bond donors (Lipinski definition) is 1. The van der Waals surface area contributed by atoms with Gasteiger partial charge in [-0.25, -0.2) is 4.98 Å². The fraction of sp³-hybridized carbons (Fsp3) is 0.400. The van der Waals surface area contributed by atoms with Crippen molar-refractivity contribution in [2.45, 2.75) is 25.7 Å². The molecule has 1 unspecified atom stereocenters. The lowest BCUT2D eigenvalue weighted by atomic mass is 10.1. The first-order chi connectivity index (χ1) is 10.3. The van der Waals surface area contributed by atoms with Crippen LogP contribution in [0.15, 0.2) is 22.7 Å². The van der Waals surface area contributed by atoms with Crippen molar-refractivity contribution in [3.05, 3.63) is 41.3 Å². The Morgan fingerprint density at radius 3 is 3.14 bits per heavy atom. The van der Waals surface area contributed by atoms with Crippen LogP contribution in [0.5, 0.6) is 0 Å². The predicted molar refractivity (Wildman–Crippen MR) is 76.1 cm³/mol. The molecule has 0 radical (unpaired) electrons. The lowest BCUT2D eigenvalue weighted by molar-refractivity contribution is 0.192. The summed E-state index contributed by atoms with van der Waals surface area (Å²) in [5.74, 6) is 2.61. The summed E-state index contributed by atoms with van der Waals surface area (Å²) in [6.07, 6.45) is 1.60. The minimum atomic E-state index is 0.278. The van der Waals surface area contributed by atoms with Gasteiger partial charge in [0.1, 0.15) is 5.82 Å². The molecule has 6 nitrogen and oxygen atoms in total. The average Bonchev–Trinajstić information content (AvgIpc) is 3.16. The van der Waals surface area contributed by atoms with Crippen molar-refractivity contribution in [1.82, 2.24) is 20.1 Å². The lowest BCUT2D eigenvalue weighted by Gasteiger charge is -1.98. The van der Waals surface area contributed by atoms with Crippen molar-refractivity contribution in [3.8, 4) is 0 Å². The number of rotatable bonds is 3. The largest absolute Gasteiger partial charge is 0.381 e. The number of ether oxygens (including phenoxy) is 1. The molecule has 21 heavy (non-hydrogen) atoms. The Labute approximate surface area is 121 Å². The summed E-state index contributed by atoms with van der Waals surface area (Å²) in [5.41, 5.74) is 3.14. The van der Waals surface area contributed by atoms with E-state index in [9.17, 15) is 0 Å². The summed E-state index contributed by atoms with van der Waals surface area (Å²) in [6, 6.07) is 6.14. The molecule has 0 saturated carbocycles. The van der Waals surface area contributed by atoms with Crippen LogP contribution < -0.4 is 0 Å². The second-order valence-electron chi connectivity index (χ2n) is 5.46. The Kier molecular flexibility index (Phi) is 2.96. The van der Waals surface area contributed by atoms with Gasteiger partial charge in [0.05, 0.1) is 24.1 Å². The maximum Gasteiger partial charge on any atom is 0.231 e. The van der Waals surface area contributed by atoms with Crippen LogP contribution in [0.1, 0.15) is 35.4 Å². The fourth-order valence-electron chi connectivity index (χ4n) is 2.71. The first-order valence-electron chi connectivity index (χ1n) is 7.13. The molecule has 1 aliphatic heterocycles. The van der Waals surface area contributed by atoms with E-state index in [2.05, 4.69) is 26.2 Å². The molecule has 1 saturated heterocycles. The third-order valence-corrected chi connectivity index (χ3v) is 3.80. The molecule has 108 valence electrons. The van der Waals surface area contributed by atoms with Crippen molar-refractivity contribution in [3.63, 3.8) is 0 Å². The molecular formula is C15H16N4O2. The Hall–Kier alpha value is -2.21. The van der Waals surface area contributed by atoms with Crippen LogP contribution in [-0.4, -0.2) is 33.3 Å². The Balaban J connectivity index is 1.56. The molecule has 1 atom stereocenters. The molecule has 6 heteroatoms. The van der Waals surface area contributed by atoms with Gasteiger partial charge in [0.25, 0.3) is 0 Å². The maximum absolute atomic E-state index is 5.36. The standard InChI is InChI=1S/C15H16N4O2/c1-9-16-12-3-2-10(6-13(12)17-9)7-14-18-15(19-21-14)11-4-5-20-8-11/h2-3,6,11H,4-5,7-8H2,1H3,(H,16,17). The summed E-state index contributed by atoms with van der Waals surface area (Å²) < 4.78 is 10.7. The molecule has 1 aromatic carbocycles. The molecule has 2 aromatic heterocycles. The van der Waals surface area contributed by atoms with Crippen molar-refractivity contribution >= 4 is 11.0 Å². The zero-order chi connectivity index (χ0) is 14.2. The first-order valence-corrected chi connectivity index (χ1v) is 7.13. The van der Waals surface area contributed by atoms with Crippen LogP contribution in [0.3, 0.4) is 0 Å². The average molecular weight is 284 g/mol. The smallest absolute Gasteiger partial charge is 0.231 e.